The monoisotopic (exact) mass is 368 g/mol. The van der Waals surface area contributed by atoms with E-state index < -0.39 is 0 Å². The second-order valence-corrected chi connectivity index (χ2v) is 7.15. The molecular formula is C21H21ClN2O2. The molecule has 0 atom stereocenters. The predicted molar refractivity (Wildman–Crippen MR) is 104 cm³/mol. The molecule has 1 amide bonds. The molecule has 1 aliphatic rings. The van der Waals surface area contributed by atoms with Gasteiger partial charge in [0.1, 0.15) is 5.75 Å². The maximum atomic E-state index is 12.4. The summed E-state index contributed by atoms with van der Waals surface area (Å²) in [6.07, 6.45) is 1.94. The molecule has 0 spiro atoms. The van der Waals surface area contributed by atoms with Crippen molar-refractivity contribution in [1.82, 2.24) is 9.88 Å². The number of hydrogen-bond donors (Lipinski definition) is 1. The van der Waals surface area contributed by atoms with Crippen molar-refractivity contribution >= 4 is 28.4 Å². The number of aromatic amines is 1. The van der Waals surface area contributed by atoms with Crippen molar-refractivity contribution in [2.45, 2.75) is 18.8 Å². The summed E-state index contributed by atoms with van der Waals surface area (Å²) in [7, 11) is 0. The molecule has 0 saturated carbocycles. The molecule has 26 heavy (non-hydrogen) atoms. The van der Waals surface area contributed by atoms with Gasteiger partial charge in [0, 0.05) is 35.2 Å². The van der Waals surface area contributed by atoms with E-state index in [0.29, 0.717) is 16.7 Å². The molecule has 1 saturated heterocycles. The van der Waals surface area contributed by atoms with Gasteiger partial charge in [-0.25, -0.2) is 0 Å². The van der Waals surface area contributed by atoms with E-state index in [-0.39, 0.29) is 12.5 Å². The molecule has 1 N–H and O–H groups in total. The number of hydrogen-bond acceptors (Lipinski definition) is 2. The first-order valence-corrected chi connectivity index (χ1v) is 9.30. The van der Waals surface area contributed by atoms with Crippen molar-refractivity contribution in [3.05, 3.63) is 65.3 Å². The molecule has 4 nitrogen and oxygen atoms in total. The lowest BCUT2D eigenvalue weighted by Gasteiger charge is -2.31. The number of rotatable bonds is 4. The van der Waals surface area contributed by atoms with Crippen LogP contribution in [0.2, 0.25) is 5.02 Å². The molecule has 2 heterocycles. The third-order valence-corrected chi connectivity index (χ3v) is 5.27. The third-order valence-electron chi connectivity index (χ3n) is 5.01. The zero-order chi connectivity index (χ0) is 17.9. The smallest absolute Gasteiger partial charge is 0.260 e. The summed E-state index contributed by atoms with van der Waals surface area (Å²) >= 11 is 5.85. The van der Waals surface area contributed by atoms with Crippen LogP contribution in [0, 0.1) is 0 Å². The number of fused-ring (bicyclic) bond motifs is 1. The number of ether oxygens (including phenoxy) is 1. The summed E-state index contributed by atoms with van der Waals surface area (Å²) in [4.78, 5) is 17.8. The summed E-state index contributed by atoms with van der Waals surface area (Å²) in [6.45, 7) is 1.60. The molecule has 5 heteroatoms. The van der Waals surface area contributed by atoms with Gasteiger partial charge in [0.05, 0.1) is 0 Å². The number of amides is 1. The minimum absolute atomic E-state index is 0.0371. The Kier molecular flexibility index (Phi) is 4.85. The van der Waals surface area contributed by atoms with Crippen molar-refractivity contribution < 1.29 is 9.53 Å². The molecule has 3 aromatic rings. The number of halogens is 1. The quantitative estimate of drug-likeness (QED) is 0.731. The Morgan fingerprint density at radius 1 is 1.12 bits per heavy atom. The summed E-state index contributed by atoms with van der Waals surface area (Å²) in [6, 6.07) is 17.6. The topological polar surface area (TPSA) is 45.3 Å². The lowest BCUT2D eigenvalue weighted by Crippen LogP contribution is -2.40. The van der Waals surface area contributed by atoms with E-state index in [1.807, 2.05) is 11.0 Å². The molecule has 1 fully saturated rings. The van der Waals surface area contributed by atoms with Crippen LogP contribution in [0.1, 0.15) is 24.5 Å². The minimum atomic E-state index is 0.0371. The van der Waals surface area contributed by atoms with Gasteiger partial charge < -0.3 is 14.6 Å². The number of benzene rings is 2. The fraction of sp³-hybridized carbons (Fsp3) is 0.286. The first kappa shape index (κ1) is 17.0. The lowest BCUT2D eigenvalue weighted by molar-refractivity contribution is -0.134. The summed E-state index contributed by atoms with van der Waals surface area (Å²) in [5, 5.41) is 1.90. The highest BCUT2D eigenvalue weighted by molar-refractivity contribution is 6.30. The van der Waals surface area contributed by atoms with Crippen LogP contribution in [-0.4, -0.2) is 35.5 Å². The molecule has 1 aliphatic heterocycles. The second kappa shape index (κ2) is 7.42. The molecule has 0 unspecified atom stereocenters. The lowest BCUT2D eigenvalue weighted by atomic mass is 9.93. The van der Waals surface area contributed by atoms with E-state index in [9.17, 15) is 4.79 Å². The molecule has 0 bridgehead atoms. The number of nitrogens with one attached hydrogen (secondary N) is 1. The SMILES string of the molecule is O=C(COc1ccc(Cl)cc1)N1CCC(c2cc3ccccc3[nH]2)CC1. The Balaban J connectivity index is 1.31. The molecule has 0 radical (unpaired) electrons. The highest BCUT2D eigenvalue weighted by Gasteiger charge is 2.25. The van der Waals surface area contributed by atoms with E-state index >= 15 is 0 Å². The first-order chi connectivity index (χ1) is 12.7. The third kappa shape index (κ3) is 3.70. The Hall–Kier alpha value is -2.46. The largest absolute Gasteiger partial charge is 0.484 e. The molecular weight excluding hydrogens is 348 g/mol. The zero-order valence-electron chi connectivity index (χ0n) is 14.5. The second-order valence-electron chi connectivity index (χ2n) is 6.71. The van der Waals surface area contributed by atoms with Gasteiger partial charge in [0.2, 0.25) is 0 Å². The highest BCUT2D eigenvalue weighted by atomic mass is 35.5. The van der Waals surface area contributed by atoms with E-state index in [4.69, 9.17) is 16.3 Å². The molecule has 4 rings (SSSR count). The predicted octanol–water partition coefficient (Wildman–Crippen LogP) is 4.61. The highest BCUT2D eigenvalue weighted by Crippen LogP contribution is 2.30. The van der Waals surface area contributed by atoms with Crippen molar-refractivity contribution in [3.8, 4) is 5.75 Å². The van der Waals surface area contributed by atoms with Gasteiger partial charge >= 0.3 is 0 Å². The van der Waals surface area contributed by atoms with Gasteiger partial charge in [-0.05, 0) is 54.6 Å². The summed E-state index contributed by atoms with van der Waals surface area (Å²) < 4.78 is 5.57. The van der Waals surface area contributed by atoms with Crippen LogP contribution in [0.3, 0.4) is 0 Å². The van der Waals surface area contributed by atoms with E-state index in [0.717, 1.165) is 25.9 Å². The summed E-state index contributed by atoms with van der Waals surface area (Å²) in [5.74, 6) is 1.18. The average molecular weight is 369 g/mol. The Labute approximate surface area is 157 Å². The average Bonchev–Trinajstić information content (AvgIpc) is 3.12. The number of nitrogens with zero attached hydrogens (tertiary/aromatic N) is 1. The van der Waals surface area contributed by atoms with Crippen LogP contribution in [0.4, 0.5) is 0 Å². The van der Waals surface area contributed by atoms with Crippen LogP contribution in [0.25, 0.3) is 10.9 Å². The first-order valence-electron chi connectivity index (χ1n) is 8.93. The van der Waals surface area contributed by atoms with Gasteiger partial charge in [-0.3, -0.25) is 4.79 Å². The number of carbonyl (C=O) groups is 1. The number of H-pyrrole nitrogens is 1. The zero-order valence-corrected chi connectivity index (χ0v) is 15.2. The van der Waals surface area contributed by atoms with E-state index in [1.54, 1.807) is 24.3 Å². The Morgan fingerprint density at radius 2 is 1.85 bits per heavy atom. The standard InChI is InChI=1S/C21H21ClN2O2/c22-17-5-7-18(8-6-17)26-14-21(25)24-11-9-15(10-12-24)20-13-16-3-1-2-4-19(16)23-20/h1-8,13,15,23H,9-12,14H2. The van der Waals surface area contributed by atoms with Crippen LogP contribution in [-0.2, 0) is 4.79 Å². The van der Waals surface area contributed by atoms with Gasteiger partial charge in [-0.1, -0.05) is 29.8 Å². The van der Waals surface area contributed by atoms with Crippen LogP contribution in [0.15, 0.2) is 54.6 Å². The van der Waals surface area contributed by atoms with Gasteiger partial charge in [-0.15, -0.1) is 0 Å². The van der Waals surface area contributed by atoms with Crippen molar-refractivity contribution in [3.63, 3.8) is 0 Å². The number of piperidine rings is 1. The van der Waals surface area contributed by atoms with E-state index in [2.05, 4.69) is 29.2 Å². The summed E-state index contributed by atoms with van der Waals surface area (Å²) in [5.41, 5.74) is 2.45. The Bertz CT molecular complexity index is 863. The van der Waals surface area contributed by atoms with Gasteiger partial charge in [0.15, 0.2) is 6.61 Å². The molecule has 134 valence electrons. The van der Waals surface area contributed by atoms with Crippen LogP contribution < -0.4 is 4.74 Å². The Morgan fingerprint density at radius 3 is 2.58 bits per heavy atom. The fourth-order valence-corrected chi connectivity index (χ4v) is 3.65. The van der Waals surface area contributed by atoms with E-state index in [1.165, 1.54) is 16.6 Å². The van der Waals surface area contributed by atoms with Crippen molar-refractivity contribution in [2.75, 3.05) is 19.7 Å². The number of likely N-dealkylation sites (tertiary alicyclic amines) is 1. The van der Waals surface area contributed by atoms with Gasteiger partial charge in [-0.2, -0.15) is 0 Å². The minimum Gasteiger partial charge on any atom is -0.484 e. The van der Waals surface area contributed by atoms with Crippen molar-refractivity contribution in [1.29, 1.82) is 0 Å². The number of carbonyl (C=O) groups excluding carboxylic acids is 1. The molecule has 0 aliphatic carbocycles. The molecule has 2 aromatic carbocycles. The maximum absolute atomic E-state index is 12.4. The molecule has 1 aromatic heterocycles. The maximum Gasteiger partial charge on any atom is 0.260 e. The van der Waals surface area contributed by atoms with Crippen LogP contribution >= 0.6 is 11.6 Å². The number of para-hydroxylation sites is 1. The fourth-order valence-electron chi connectivity index (χ4n) is 3.52. The number of aromatic nitrogens is 1. The van der Waals surface area contributed by atoms with Gasteiger partial charge in [0.25, 0.3) is 5.91 Å². The van der Waals surface area contributed by atoms with Crippen molar-refractivity contribution in [2.24, 2.45) is 0 Å². The normalized spacial score (nSPS) is 15.3. The van der Waals surface area contributed by atoms with Crippen LogP contribution in [0.5, 0.6) is 5.75 Å².